The van der Waals surface area contributed by atoms with Crippen molar-refractivity contribution in [2.75, 3.05) is 30.8 Å². The van der Waals surface area contributed by atoms with Gasteiger partial charge in [-0.15, -0.1) is 0 Å². The predicted octanol–water partition coefficient (Wildman–Crippen LogP) is 2.77. The first-order chi connectivity index (χ1) is 9.26. The molecule has 3 nitrogen and oxygen atoms in total. The van der Waals surface area contributed by atoms with Gasteiger partial charge in [-0.1, -0.05) is 25.1 Å². The summed E-state index contributed by atoms with van der Waals surface area (Å²) in [5.74, 6) is 1.02. The number of fused-ring (bicyclic) bond motifs is 1. The Hall–Kier alpha value is -1.16. The maximum atomic E-state index is 4.78. The monoisotopic (exact) mass is 277 g/mol. The zero-order valence-electron chi connectivity index (χ0n) is 12.0. The fourth-order valence-corrected chi connectivity index (χ4v) is 2.47. The molecule has 0 saturated carbocycles. The van der Waals surface area contributed by atoms with Crippen LogP contribution in [0.4, 0.5) is 5.69 Å². The van der Waals surface area contributed by atoms with Crippen LogP contribution in [0, 0.1) is 0 Å². The highest BCUT2D eigenvalue weighted by Gasteiger charge is 2.22. The quantitative estimate of drug-likeness (QED) is 0.677. The molecule has 1 aliphatic rings. The van der Waals surface area contributed by atoms with E-state index in [0.717, 1.165) is 32.0 Å². The molecule has 0 saturated heterocycles. The minimum Gasteiger partial charge on any atom is -0.356 e. The van der Waals surface area contributed by atoms with Gasteiger partial charge in [-0.05, 0) is 31.2 Å². The Morgan fingerprint density at radius 3 is 3.00 bits per heavy atom. The minimum atomic E-state index is 0.562. The Balaban J connectivity index is 2.16. The first-order valence-electron chi connectivity index (χ1n) is 6.92. The van der Waals surface area contributed by atoms with Crippen LogP contribution in [0.15, 0.2) is 29.3 Å². The van der Waals surface area contributed by atoms with Crippen LogP contribution in [0.3, 0.4) is 0 Å². The molecule has 1 aliphatic heterocycles. The van der Waals surface area contributed by atoms with Gasteiger partial charge in [-0.3, -0.25) is 4.99 Å². The van der Waals surface area contributed by atoms with E-state index >= 15 is 0 Å². The predicted molar refractivity (Wildman–Crippen MR) is 86.4 cm³/mol. The zero-order chi connectivity index (χ0) is 13.7. The van der Waals surface area contributed by atoms with Crippen LogP contribution >= 0.6 is 11.8 Å². The van der Waals surface area contributed by atoms with Crippen molar-refractivity contribution in [3.8, 4) is 0 Å². The highest BCUT2D eigenvalue weighted by Crippen LogP contribution is 2.27. The number of guanidine groups is 1. The summed E-state index contributed by atoms with van der Waals surface area (Å²) >= 11 is 1.86. The van der Waals surface area contributed by atoms with E-state index in [-0.39, 0.29) is 0 Å². The van der Waals surface area contributed by atoms with E-state index in [1.807, 2.05) is 11.8 Å². The second-order valence-corrected chi connectivity index (χ2v) is 6.05. The smallest absolute Gasteiger partial charge is 0.198 e. The lowest BCUT2D eigenvalue weighted by atomic mass is 10.2. The summed E-state index contributed by atoms with van der Waals surface area (Å²) in [6, 6.07) is 8.62. The van der Waals surface area contributed by atoms with E-state index in [1.165, 1.54) is 11.3 Å². The van der Waals surface area contributed by atoms with Crippen molar-refractivity contribution in [1.29, 1.82) is 0 Å². The minimum absolute atomic E-state index is 0.562. The number of benzene rings is 1. The number of nitrogens with zero attached hydrogens (tertiary/aromatic N) is 2. The summed E-state index contributed by atoms with van der Waals surface area (Å²) in [6.45, 7) is 7.14. The molecule has 1 heterocycles. The molecular weight excluding hydrogens is 254 g/mol. The summed E-state index contributed by atoms with van der Waals surface area (Å²) in [5, 5.41) is 3.97. The molecule has 104 valence electrons. The Morgan fingerprint density at radius 1 is 1.47 bits per heavy atom. The van der Waals surface area contributed by atoms with E-state index in [2.05, 4.69) is 54.6 Å². The lowest BCUT2D eigenvalue weighted by Crippen LogP contribution is -2.41. The largest absolute Gasteiger partial charge is 0.356 e. The number of hydrogen-bond acceptors (Lipinski definition) is 2. The third-order valence-electron chi connectivity index (χ3n) is 3.38. The molecule has 0 bridgehead atoms. The van der Waals surface area contributed by atoms with Gasteiger partial charge < -0.3 is 10.2 Å². The number of rotatable bonds is 4. The fraction of sp³-hybridized carbons (Fsp3) is 0.533. The Morgan fingerprint density at radius 2 is 2.26 bits per heavy atom. The highest BCUT2D eigenvalue weighted by molar-refractivity contribution is 7.99. The molecule has 1 aromatic carbocycles. The zero-order valence-corrected chi connectivity index (χ0v) is 12.8. The average molecular weight is 277 g/mol. The van der Waals surface area contributed by atoms with Crippen molar-refractivity contribution in [2.45, 2.75) is 25.5 Å². The molecule has 0 amide bonds. The van der Waals surface area contributed by atoms with Crippen molar-refractivity contribution < 1.29 is 0 Å². The van der Waals surface area contributed by atoms with E-state index < -0.39 is 0 Å². The van der Waals surface area contributed by atoms with Crippen LogP contribution in [-0.2, 0) is 6.42 Å². The Bertz CT molecular complexity index is 445. The van der Waals surface area contributed by atoms with Crippen molar-refractivity contribution in [3.05, 3.63) is 29.8 Å². The molecule has 1 unspecified atom stereocenters. The third kappa shape index (κ3) is 3.44. The van der Waals surface area contributed by atoms with Gasteiger partial charge in [0.25, 0.3) is 0 Å². The molecule has 19 heavy (non-hydrogen) atoms. The van der Waals surface area contributed by atoms with Gasteiger partial charge in [0.15, 0.2) is 5.96 Å². The first kappa shape index (κ1) is 14.3. The van der Waals surface area contributed by atoms with Crippen LogP contribution in [0.1, 0.15) is 19.4 Å². The molecule has 0 aromatic heterocycles. The van der Waals surface area contributed by atoms with Crippen molar-refractivity contribution in [1.82, 2.24) is 5.32 Å². The SMILES string of the molecule is CCNC(=NCC(C)SC)N1CCc2ccccc21. The number of thioether (sulfide) groups is 1. The molecule has 0 fully saturated rings. The van der Waals surface area contributed by atoms with Crippen LogP contribution in [0.5, 0.6) is 0 Å². The summed E-state index contributed by atoms with van der Waals surface area (Å²) in [4.78, 5) is 7.09. The van der Waals surface area contributed by atoms with Gasteiger partial charge in [-0.25, -0.2) is 0 Å². The van der Waals surface area contributed by atoms with E-state index in [0.29, 0.717) is 5.25 Å². The Kier molecular flexibility index (Phi) is 5.14. The lowest BCUT2D eigenvalue weighted by molar-refractivity contribution is 0.868. The second kappa shape index (κ2) is 6.85. The summed E-state index contributed by atoms with van der Waals surface area (Å²) in [5.41, 5.74) is 2.73. The summed E-state index contributed by atoms with van der Waals surface area (Å²) in [7, 11) is 0. The van der Waals surface area contributed by atoms with Crippen LogP contribution in [0.2, 0.25) is 0 Å². The van der Waals surface area contributed by atoms with Gasteiger partial charge in [-0.2, -0.15) is 11.8 Å². The second-order valence-electron chi connectivity index (χ2n) is 4.77. The van der Waals surface area contributed by atoms with Gasteiger partial charge in [0.2, 0.25) is 0 Å². The maximum absolute atomic E-state index is 4.78. The molecule has 0 aliphatic carbocycles. The molecular formula is C15H23N3S. The molecule has 4 heteroatoms. The van der Waals surface area contributed by atoms with E-state index in [9.17, 15) is 0 Å². The molecule has 1 atom stereocenters. The topological polar surface area (TPSA) is 27.6 Å². The Labute approximate surface area is 120 Å². The van der Waals surface area contributed by atoms with Crippen LogP contribution in [-0.4, -0.2) is 37.1 Å². The number of aliphatic imine (C=N–C) groups is 1. The van der Waals surface area contributed by atoms with Gasteiger partial charge in [0.1, 0.15) is 0 Å². The number of hydrogen-bond donors (Lipinski definition) is 1. The molecule has 1 N–H and O–H groups in total. The van der Waals surface area contributed by atoms with Crippen LogP contribution in [0.25, 0.3) is 0 Å². The molecule has 2 rings (SSSR count). The molecule has 1 aromatic rings. The van der Waals surface area contributed by atoms with Crippen molar-refractivity contribution in [2.24, 2.45) is 4.99 Å². The highest BCUT2D eigenvalue weighted by atomic mass is 32.2. The lowest BCUT2D eigenvalue weighted by Gasteiger charge is -2.22. The standard InChI is InChI=1S/C15H23N3S/c1-4-16-15(17-11-12(2)19-3)18-10-9-13-7-5-6-8-14(13)18/h5-8,12H,4,9-11H2,1-3H3,(H,16,17). The normalized spacial score (nSPS) is 16.4. The summed E-state index contributed by atoms with van der Waals surface area (Å²) in [6.07, 6.45) is 3.25. The maximum Gasteiger partial charge on any atom is 0.198 e. The van der Waals surface area contributed by atoms with Gasteiger partial charge >= 0.3 is 0 Å². The number of para-hydroxylation sites is 1. The van der Waals surface area contributed by atoms with E-state index in [4.69, 9.17) is 4.99 Å². The van der Waals surface area contributed by atoms with Crippen molar-refractivity contribution in [3.63, 3.8) is 0 Å². The number of anilines is 1. The summed E-state index contributed by atoms with van der Waals surface area (Å²) < 4.78 is 0. The first-order valence-corrected chi connectivity index (χ1v) is 8.21. The molecule has 0 spiro atoms. The van der Waals surface area contributed by atoms with Gasteiger partial charge in [0, 0.05) is 24.0 Å². The molecule has 0 radical (unpaired) electrons. The van der Waals surface area contributed by atoms with Gasteiger partial charge in [0.05, 0.1) is 6.54 Å². The average Bonchev–Trinajstić information content (AvgIpc) is 2.87. The van der Waals surface area contributed by atoms with Crippen molar-refractivity contribution >= 4 is 23.4 Å². The van der Waals surface area contributed by atoms with Crippen LogP contribution < -0.4 is 10.2 Å². The van der Waals surface area contributed by atoms with E-state index in [1.54, 1.807) is 0 Å². The third-order valence-corrected chi connectivity index (χ3v) is 4.33. The number of nitrogens with one attached hydrogen (secondary N) is 1. The fourth-order valence-electron chi connectivity index (χ4n) is 2.24.